The van der Waals surface area contributed by atoms with Crippen LogP contribution in [0, 0.1) is 0 Å². The zero-order chi connectivity index (χ0) is 14.4. The van der Waals surface area contributed by atoms with Crippen molar-refractivity contribution in [2.24, 2.45) is 5.73 Å². The van der Waals surface area contributed by atoms with E-state index >= 15 is 0 Å². The Kier molecular flexibility index (Phi) is 5.27. The van der Waals surface area contributed by atoms with E-state index in [1.165, 1.54) is 5.56 Å². The average molecular weight is 292 g/mol. The van der Waals surface area contributed by atoms with Crippen LogP contribution in [0.25, 0.3) is 0 Å². The van der Waals surface area contributed by atoms with Gasteiger partial charge in [0.1, 0.15) is 18.1 Å². The van der Waals surface area contributed by atoms with Crippen molar-refractivity contribution in [1.29, 1.82) is 0 Å². The molecule has 3 nitrogen and oxygen atoms in total. The first-order chi connectivity index (χ1) is 9.72. The molecular weight excluding hydrogens is 274 g/mol. The summed E-state index contributed by atoms with van der Waals surface area (Å²) in [6.45, 7) is 1.08. The molecule has 0 spiro atoms. The predicted octanol–water partition coefficient (Wildman–Crippen LogP) is 3.43. The molecule has 0 saturated heterocycles. The van der Waals surface area contributed by atoms with Gasteiger partial charge in [-0.2, -0.15) is 0 Å². The molecule has 0 atom stereocenters. The molecule has 4 heteroatoms. The minimum Gasteiger partial charge on any atom is -0.496 e. The van der Waals surface area contributed by atoms with Crippen molar-refractivity contribution in [3.05, 3.63) is 58.6 Å². The third-order valence-corrected chi connectivity index (χ3v) is 3.24. The van der Waals surface area contributed by atoms with Gasteiger partial charge in [0.15, 0.2) is 0 Å². The largest absolute Gasteiger partial charge is 0.496 e. The topological polar surface area (TPSA) is 44.5 Å². The Labute approximate surface area is 124 Å². The van der Waals surface area contributed by atoms with Crippen LogP contribution in [0.2, 0.25) is 5.02 Å². The smallest absolute Gasteiger partial charge is 0.125 e. The van der Waals surface area contributed by atoms with Gasteiger partial charge >= 0.3 is 0 Å². The maximum Gasteiger partial charge on any atom is 0.125 e. The third kappa shape index (κ3) is 3.89. The predicted molar refractivity (Wildman–Crippen MR) is 81.5 cm³/mol. The fourth-order valence-corrected chi connectivity index (χ4v) is 2.08. The minimum atomic E-state index is 0.448. The van der Waals surface area contributed by atoms with Gasteiger partial charge in [-0.1, -0.05) is 17.7 Å². The monoisotopic (exact) mass is 291 g/mol. The van der Waals surface area contributed by atoms with Crippen molar-refractivity contribution in [2.45, 2.75) is 13.0 Å². The van der Waals surface area contributed by atoms with Gasteiger partial charge in [-0.25, -0.2) is 0 Å². The molecule has 0 unspecified atom stereocenters. The summed E-state index contributed by atoms with van der Waals surface area (Å²) in [4.78, 5) is 0. The highest BCUT2D eigenvalue weighted by molar-refractivity contribution is 6.30. The van der Waals surface area contributed by atoms with Gasteiger partial charge in [0.25, 0.3) is 0 Å². The maximum atomic E-state index is 5.84. The third-order valence-electron chi connectivity index (χ3n) is 2.99. The Morgan fingerprint density at radius 2 is 1.85 bits per heavy atom. The first-order valence-corrected chi connectivity index (χ1v) is 6.85. The lowest BCUT2D eigenvalue weighted by molar-refractivity contribution is 0.296. The van der Waals surface area contributed by atoms with Crippen molar-refractivity contribution in [1.82, 2.24) is 0 Å². The van der Waals surface area contributed by atoms with Gasteiger partial charge in [0.05, 0.1) is 7.11 Å². The number of benzene rings is 2. The van der Waals surface area contributed by atoms with Gasteiger partial charge in [0, 0.05) is 10.6 Å². The summed E-state index contributed by atoms with van der Waals surface area (Å²) in [5.74, 6) is 1.60. The molecule has 0 amide bonds. The Balaban J connectivity index is 2.10. The maximum absolute atomic E-state index is 5.84. The van der Waals surface area contributed by atoms with Gasteiger partial charge in [-0.3, -0.25) is 0 Å². The second-order valence-electron chi connectivity index (χ2n) is 4.43. The molecule has 2 N–H and O–H groups in total. The number of hydrogen-bond donors (Lipinski definition) is 1. The van der Waals surface area contributed by atoms with Crippen molar-refractivity contribution in [3.8, 4) is 11.5 Å². The van der Waals surface area contributed by atoms with E-state index in [-0.39, 0.29) is 0 Å². The fourth-order valence-electron chi connectivity index (χ4n) is 1.96. The second-order valence-corrected chi connectivity index (χ2v) is 4.86. The quantitative estimate of drug-likeness (QED) is 0.887. The van der Waals surface area contributed by atoms with Crippen LogP contribution in [0.4, 0.5) is 0 Å². The van der Waals surface area contributed by atoms with Crippen molar-refractivity contribution in [3.63, 3.8) is 0 Å². The summed E-state index contributed by atoms with van der Waals surface area (Å²) in [6, 6.07) is 13.3. The molecule has 0 saturated carbocycles. The first kappa shape index (κ1) is 14.7. The summed E-state index contributed by atoms with van der Waals surface area (Å²) < 4.78 is 11.1. The van der Waals surface area contributed by atoms with E-state index in [0.29, 0.717) is 18.2 Å². The normalized spacial score (nSPS) is 10.3. The van der Waals surface area contributed by atoms with Crippen LogP contribution in [0.15, 0.2) is 42.5 Å². The van der Waals surface area contributed by atoms with E-state index in [0.717, 1.165) is 23.5 Å². The molecule has 2 aromatic carbocycles. The molecule has 0 heterocycles. The van der Waals surface area contributed by atoms with Crippen molar-refractivity contribution in [2.75, 3.05) is 13.7 Å². The summed E-state index contributed by atoms with van der Waals surface area (Å²) in [6.07, 6.45) is 0.845. The fraction of sp³-hybridized carbons (Fsp3) is 0.250. The van der Waals surface area contributed by atoms with Gasteiger partial charge in [-0.15, -0.1) is 0 Å². The van der Waals surface area contributed by atoms with Crippen molar-refractivity contribution >= 4 is 11.6 Å². The number of methoxy groups -OCH3 is 1. The number of hydrogen-bond acceptors (Lipinski definition) is 3. The van der Waals surface area contributed by atoms with Crippen LogP contribution in [0.3, 0.4) is 0 Å². The zero-order valence-corrected chi connectivity index (χ0v) is 12.2. The van der Waals surface area contributed by atoms with Crippen LogP contribution in [0.5, 0.6) is 11.5 Å². The van der Waals surface area contributed by atoms with Gasteiger partial charge in [0.2, 0.25) is 0 Å². The lowest BCUT2D eigenvalue weighted by atomic mass is 10.1. The van der Waals surface area contributed by atoms with E-state index in [4.69, 9.17) is 26.8 Å². The second kappa shape index (κ2) is 7.17. The van der Waals surface area contributed by atoms with E-state index in [1.807, 2.05) is 24.3 Å². The highest BCUT2D eigenvalue weighted by Crippen LogP contribution is 2.23. The zero-order valence-electron chi connectivity index (χ0n) is 11.4. The summed E-state index contributed by atoms with van der Waals surface area (Å²) in [7, 11) is 1.66. The Morgan fingerprint density at radius 1 is 1.10 bits per heavy atom. The first-order valence-electron chi connectivity index (χ1n) is 6.47. The van der Waals surface area contributed by atoms with Crippen LogP contribution in [-0.2, 0) is 13.0 Å². The molecule has 0 aliphatic carbocycles. The molecular formula is C16H18ClNO2. The number of nitrogens with two attached hydrogens (primary N) is 1. The summed E-state index contributed by atoms with van der Waals surface area (Å²) in [5.41, 5.74) is 7.78. The van der Waals surface area contributed by atoms with Gasteiger partial charge < -0.3 is 15.2 Å². The molecule has 0 radical (unpaired) electrons. The number of halogens is 1. The lowest BCUT2D eigenvalue weighted by Gasteiger charge is -2.12. The summed E-state index contributed by atoms with van der Waals surface area (Å²) in [5, 5.41) is 0.694. The number of ether oxygens (including phenoxy) is 2. The Bertz CT molecular complexity index is 555. The van der Waals surface area contributed by atoms with E-state index < -0.39 is 0 Å². The lowest BCUT2D eigenvalue weighted by Crippen LogP contribution is -2.05. The molecule has 0 aliphatic rings. The van der Waals surface area contributed by atoms with Crippen LogP contribution in [-0.4, -0.2) is 13.7 Å². The van der Waals surface area contributed by atoms with Crippen LogP contribution in [0.1, 0.15) is 11.1 Å². The van der Waals surface area contributed by atoms with E-state index in [9.17, 15) is 0 Å². The molecule has 106 valence electrons. The Hall–Kier alpha value is -1.71. The Morgan fingerprint density at radius 3 is 2.50 bits per heavy atom. The molecule has 2 aromatic rings. The SMILES string of the molecule is COc1ccc(CCN)cc1COc1ccc(Cl)cc1. The highest BCUT2D eigenvalue weighted by atomic mass is 35.5. The van der Waals surface area contributed by atoms with Gasteiger partial charge in [-0.05, 0) is 54.9 Å². The summed E-state index contributed by atoms with van der Waals surface area (Å²) >= 11 is 5.84. The van der Waals surface area contributed by atoms with E-state index in [2.05, 4.69) is 6.07 Å². The molecule has 2 rings (SSSR count). The highest BCUT2D eigenvalue weighted by Gasteiger charge is 2.05. The average Bonchev–Trinajstić information content (AvgIpc) is 2.47. The standard InChI is InChI=1S/C16H18ClNO2/c1-19-16-7-2-12(8-9-18)10-13(16)11-20-15-5-3-14(17)4-6-15/h2-7,10H,8-9,11,18H2,1H3. The van der Waals surface area contributed by atoms with Crippen LogP contribution >= 0.6 is 11.6 Å². The van der Waals surface area contributed by atoms with Crippen molar-refractivity contribution < 1.29 is 9.47 Å². The molecule has 0 aromatic heterocycles. The molecule has 0 fully saturated rings. The van der Waals surface area contributed by atoms with Crippen LogP contribution < -0.4 is 15.2 Å². The minimum absolute atomic E-state index is 0.448. The number of rotatable bonds is 6. The molecule has 0 bridgehead atoms. The molecule has 20 heavy (non-hydrogen) atoms. The molecule has 0 aliphatic heterocycles. The van der Waals surface area contributed by atoms with E-state index in [1.54, 1.807) is 19.2 Å².